The van der Waals surface area contributed by atoms with E-state index in [1.165, 1.54) is 32.1 Å². The third-order valence-electron chi connectivity index (χ3n) is 4.23. The van der Waals surface area contributed by atoms with Crippen molar-refractivity contribution in [2.75, 3.05) is 5.32 Å². The summed E-state index contributed by atoms with van der Waals surface area (Å²) < 4.78 is 14.1. The van der Waals surface area contributed by atoms with Crippen molar-refractivity contribution in [2.24, 2.45) is 11.8 Å². The van der Waals surface area contributed by atoms with Crippen molar-refractivity contribution >= 4 is 17.4 Å². The Morgan fingerprint density at radius 1 is 1.38 bits per heavy atom. The molecule has 2 rings (SSSR count). The van der Waals surface area contributed by atoms with E-state index in [1.807, 2.05) is 6.07 Å². The zero-order valence-corrected chi connectivity index (χ0v) is 13.3. The first kappa shape index (κ1) is 16.0. The number of nitrogens with one attached hydrogen (secondary N) is 1. The van der Waals surface area contributed by atoms with Crippen molar-refractivity contribution in [1.82, 2.24) is 4.98 Å². The Morgan fingerprint density at radius 2 is 2.05 bits per heavy atom. The minimum absolute atomic E-state index is 0.0487. The van der Waals surface area contributed by atoms with E-state index in [4.69, 9.17) is 16.9 Å². The van der Waals surface area contributed by atoms with Crippen LogP contribution in [0, 0.1) is 29.0 Å². The van der Waals surface area contributed by atoms with Gasteiger partial charge in [0.25, 0.3) is 0 Å². The molecule has 0 spiro atoms. The molecule has 1 saturated carbocycles. The molecule has 0 bridgehead atoms. The lowest BCUT2D eigenvalue weighted by Crippen LogP contribution is -2.36. The average Bonchev–Trinajstić information content (AvgIpc) is 2.48. The van der Waals surface area contributed by atoms with Gasteiger partial charge in [-0.3, -0.25) is 0 Å². The highest BCUT2D eigenvalue weighted by atomic mass is 35.5. The second kappa shape index (κ2) is 7.09. The Bertz CT molecular complexity index is 533. The van der Waals surface area contributed by atoms with Crippen LogP contribution >= 0.6 is 11.6 Å². The van der Waals surface area contributed by atoms with Crippen molar-refractivity contribution < 1.29 is 4.39 Å². The predicted molar refractivity (Wildman–Crippen MR) is 82.7 cm³/mol. The first-order valence-electron chi connectivity index (χ1n) is 7.55. The number of aromatic nitrogens is 1. The van der Waals surface area contributed by atoms with Gasteiger partial charge < -0.3 is 5.32 Å². The molecule has 1 aliphatic rings. The Hall–Kier alpha value is -1.34. The van der Waals surface area contributed by atoms with Crippen molar-refractivity contribution in [3.63, 3.8) is 0 Å². The lowest BCUT2D eigenvalue weighted by atomic mass is 9.79. The SMILES string of the molecule is CC(C)[C@H](Nc1nc(Cl)c(C#N)cc1F)C1CCCCC1. The maximum absolute atomic E-state index is 14.1. The Kier molecular flexibility index (Phi) is 5.41. The summed E-state index contributed by atoms with van der Waals surface area (Å²) in [7, 11) is 0. The second-order valence-corrected chi connectivity index (χ2v) is 6.44. The summed E-state index contributed by atoms with van der Waals surface area (Å²) in [5.74, 6) is 0.554. The molecule has 114 valence electrons. The summed E-state index contributed by atoms with van der Waals surface area (Å²) in [6.45, 7) is 4.27. The van der Waals surface area contributed by atoms with Gasteiger partial charge in [-0.05, 0) is 30.7 Å². The van der Waals surface area contributed by atoms with E-state index in [1.54, 1.807) is 0 Å². The first-order chi connectivity index (χ1) is 10.0. The van der Waals surface area contributed by atoms with Gasteiger partial charge in [-0.15, -0.1) is 0 Å². The second-order valence-electron chi connectivity index (χ2n) is 6.08. The zero-order valence-electron chi connectivity index (χ0n) is 12.5. The number of nitrogens with zero attached hydrogens (tertiary/aromatic N) is 2. The van der Waals surface area contributed by atoms with E-state index in [2.05, 4.69) is 24.1 Å². The molecular formula is C16H21ClFN3. The van der Waals surface area contributed by atoms with Crippen LogP contribution in [0.3, 0.4) is 0 Å². The van der Waals surface area contributed by atoms with E-state index in [0.717, 1.165) is 6.07 Å². The van der Waals surface area contributed by atoms with Gasteiger partial charge >= 0.3 is 0 Å². The van der Waals surface area contributed by atoms with Crippen LogP contribution < -0.4 is 5.32 Å². The maximum Gasteiger partial charge on any atom is 0.166 e. The van der Waals surface area contributed by atoms with Gasteiger partial charge in [-0.1, -0.05) is 44.7 Å². The fourth-order valence-electron chi connectivity index (χ4n) is 3.13. The molecule has 0 unspecified atom stereocenters. The van der Waals surface area contributed by atoms with Gasteiger partial charge in [0.15, 0.2) is 11.6 Å². The molecular weight excluding hydrogens is 289 g/mol. The topological polar surface area (TPSA) is 48.7 Å². The summed E-state index contributed by atoms with van der Waals surface area (Å²) >= 11 is 5.91. The van der Waals surface area contributed by atoms with Crippen molar-refractivity contribution in [3.8, 4) is 6.07 Å². The van der Waals surface area contributed by atoms with Gasteiger partial charge in [0.1, 0.15) is 11.2 Å². The predicted octanol–water partition coefficient (Wildman–Crippen LogP) is 4.76. The molecule has 21 heavy (non-hydrogen) atoms. The molecule has 1 N–H and O–H groups in total. The van der Waals surface area contributed by atoms with E-state index in [0.29, 0.717) is 11.8 Å². The summed E-state index contributed by atoms with van der Waals surface area (Å²) in [5, 5.41) is 12.1. The standard InChI is InChI=1S/C16H21ClFN3/c1-10(2)14(11-6-4-3-5-7-11)20-16-13(18)8-12(9-19)15(17)21-16/h8,10-11,14H,3-7H2,1-2H3,(H,20,21)/t14-/m0/s1. The van der Waals surface area contributed by atoms with Crippen LogP contribution in [-0.2, 0) is 0 Å². The molecule has 0 radical (unpaired) electrons. The molecule has 1 aromatic rings. The highest BCUT2D eigenvalue weighted by molar-refractivity contribution is 6.30. The van der Waals surface area contributed by atoms with E-state index in [-0.39, 0.29) is 22.6 Å². The quantitative estimate of drug-likeness (QED) is 0.815. The lowest BCUT2D eigenvalue weighted by Gasteiger charge is -2.34. The molecule has 0 saturated heterocycles. The van der Waals surface area contributed by atoms with Crippen LogP contribution in [0.15, 0.2) is 6.07 Å². The van der Waals surface area contributed by atoms with E-state index in [9.17, 15) is 4.39 Å². The summed E-state index contributed by atoms with van der Waals surface area (Å²) in [6.07, 6.45) is 6.10. The van der Waals surface area contributed by atoms with Gasteiger partial charge in [0.05, 0.1) is 5.56 Å². The van der Waals surface area contributed by atoms with Gasteiger partial charge in [0.2, 0.25) is 0 Å². The Balaban J connectivity index is 2.21. The molecule has 1 heterocycles. The molecule has 1 fully saturated rings. The van der Waals surface area contributed by atoms with Crippen molar-refractivity contribution in [1.29, 1.82) is 5.26 Å². The van der Waals surface area contributed by atoms with Gasteiger partial charge in [-0.25, -0.2) is 9.37 Å². The van der Waals surface area contributed by atoms with Crippen LogP contribution in [-0.4, -0.2) is 11.0 Å². The highest BCUT2D eigenvalue weighted by Gasteiger charge is 2.27. The van der Waals surface area contributed by atoms with Gasteiger partial charge in [-0.2, -0.15) is 5.26 Å². The summed E-state index contributed by atoms with van der Waals surface area (Å²) in [5.41, 5.74) is 0.0680. The average molecular weight is 310 g/mol. The molecule has 5 heteroatoms. The fourth-order valence-corrected chi connectivity index (χ4v) is 3.31. The first-order valence-corrected chi connectivity index (χ1v) is 7.93. The Morgan fingerprint density at radius 3 is 2.62 bits per heavy atom. The zero-order chi connectivity index (χ0) is 15.4. The fraction of sp³-hybridized carbons (Fsp3) is 0.625. The van der Waals surface area contributed by atoms with Gasteiger partial charge in [0, 0.05) is 6.04 Å². The molecule has 0 amide bonds. The number of nitriles is 1. The van der Waals surface area contributed by atoms with E-state index < -0.39 is 5.82 Å². The van der Waals surface area contributed by atoms with Crippen LogP contribution in [0.25, 0.3) is 0 Å². The summed E-state index contributed by atoms with van der Waals surface area (Å²) in [6, 6.07) is 3.17. The normalized spacial score (nSPS) is 17.5. The summed E-state index contributed by atoms with van der Waals surface area (Å²) in [4.78, 5) is 4.02. The number of anilines is 1. The Labute approximate surface area is 130 Å². The largest absolute Gasteiger partial charge is 0.364 e. The van der Waals surface area contributed by atoms with Crippen LogP contribution in [0.4, 0.5) is 10.2 Å². The smallest absolute Gasteiger partial charge is 0.166 e. The molecule has 0 aliphatic heterocycles. The van der Waals surface area contributed by atoms with Crippen molar-refractivity contribution in [2.45, 2.75) is 52.0 Å². The van der Waals surface area contributed by atoms with Crippen molar-refractivity contribution in [3.05, 3.63) is 22.6 Å². The van der Waals surface area contributed by atoms with Crippen LogP contribution in [0.5, 0.6) is 0 Å². The van der Waals surface area contributed by atoms with Crippen LogP contribution in [0.1, 0.15) is 51.5 Å². The highest BCUT2D eigenvalue weighted by Crippen LogP contribution is 2.32. The third kappa shape index (κ3) is 3.85. The van der Waals surface area contributed by atoms with E-state index >= 15 is 0 Å². The molecule has 1 aromatic heterocycles. The number of pyridine rings is 1. The minimum Gasteiger partial charge on any atom is -0.364 e. The molecule has 0 aromatic carbocycles. The number of hydrogen-bond donors (Lipinski definition) is 1. The lowest BCUT2D eigenvalue weighted by molar-refractivity contribution is 0.276. The minimum atomic E-state index is -0.516. The number of hydrogen-bond acceptors (Lipinski definition) is 3. The maximum atomic E-state index is 14.1. The number of rotatable bonds is 4. The monoisotopic (exact) mass is 309 g/mol. The molecule has 3 nitrogen and oxygen atoms in total. The molecule has 1 atom stereocenters. The van der Waals surface area contributed by atoms with Crippen LogP contribution in [0.2, 0.25) is 5.15 Å². The molecule has 1 aliphatic carbocycles. The number of halogens is 2. The third-order valence-corrected chi connectivity index (χ3v) is 4.52.